The topological polar surface area (TPSA) is 116 Å². The Balaban J connectivity index is 1.34. The van der Waals surface area contributed by atoms with Crippen LogP contribution in [0.2, 0.25) is 5.02 Å². The minimum absolute atomic E-state index is 0.0746. The normalized spacial score (nSPS) is 13.7. The van der Waals surface area contributed by atoms with Crippen LogP contribution in [0, 0.1) is 0 Å². The minimum atomic E-state index is -0.545. The second-order valence-electron chi connectivity index (χ2n) is 6.90. The van der Waals surface area contributed by atoms with Gasteiger partial charge in [-0.25, -0.2) is 4.98 Å². The Morgan fingerprint density at radius 3 is 2.55 bits per heavy atom. The number of anilines is 4. The molecule has 31 heavy (non-hydrogen) atoms. The molecule has 10 nitrogen and oxygen atoms in total. The van der Waals surface area contributed by atoms with E-state index in [0.717, 1.165) is 5.82 Å². The van der Waals surface area contributed by atoms with Crippen LogP contribution < -0.4 is 15.5 Å². The molecule has 2 N–H and O–H groups in total. The maximum absolute atomic E-state index is 12.4. The highest BCUT2D eigenvalue weighted by molar-refractivity contribution is 6.30. The van der Waals surface area contributed by atoms with Gasteiger partial charge in [-0.3, -0.25) is 9.59 Å². The second kappa shape index (κ2) is 9.00. The molecule has 1 saturated heterocycles. The average molecular weight is 442 g/mol. The van der Waals surface area contributed by atoms with Crippen LogP contribution in [-0.4, -0.2) is 58.1 Å². The number of benzene rings is 1. The van der Waals surface area contributed by atoms with Crippen molar-refractivity contribution in [3.05, 3.63) is 53.5 Å². The Kier molecular flexibility index (Phi) is 5.99. The van der Waals surface area contributed by atoms with Crippen LogP contribution in [0.5, 0.6) is 0 Å². The molecule has 0 saturated carbocycles. The summed E-state index contributed by atoms with van der Waals surface area (Å²) in [5, 5.41) is 13.7. The lowest BCUT2D eigenvalue weighted by Gasteiger charge is -2.34. The summed E-state index contributed by atoms with van der Waals surface area (Å²) < 4.78 is 5.36. The van der Waals surface area contributed by atoms with Crippen molar-refractivity contribution in [1.29, 1.82) is 0 Å². The lowest BCUT2D eigenvalue weighted by molar-refractivity contribution is -0.129. The van der Waals surface area contributed by atoms with Crippen LogP contribution in [0.4, 0.5) is 23.2 Å². The van der Waals surface area contributed by atoms with Gasteiger partial charge in [-0.1, -0.05) is 22.8 Å². The monoisotopic (exact) mass is 441 g/mol. The molecule has 4 rings (SSSR count). The van der Waals surface area contributed by atoms with Crippen LogP contribution in [0.3, 0.4) is 0 Å². The molecule has 2 amide bonds. The van der Waals surface area contributed by atoms with Gasteiger partial charge in [0.1, 0.15) is 5.82 Å². The van der Waals surface area contributed by atoms with Gasteiger partial charge < -0.3 is 24.9 Å². The van der Waals surface area contributed by atoms with Crippen molar-refractivity contribution in [3.63, 3.8) is 0 Å². The van der Waals surface area contributed by atoms with Crippen molar-refractivity contribution in [2.75, 3.05) is 41.7 Å². The summed E-state index contributed by atoms with van der Waals surface area (Å²) in [4.78, 5) is 32.1. The number of pyridine rings is 1. The van der Waals surface area contributed by atoms with E-state index in [1.54, 1.807) is 43.5 Å². The zero-order valence-corrected chi connectivity index (χ0v) is 17.5. The van der Waals surface area contributed by atoms with Gasteiger partial charge in [0.05, 0.1) is 11.9 Å². The smallest absolute Gasteiger partial charge is 0.320 e. The number of hydrogen-bond donors (Lipinski definition) is 2. The lowest BCUT2D eigenvalue weighted by atomic mass is 10.3. The van der Waals surface area contributed by atoms with Crippen LogP contribution in [0.15, 0.2) is 47.0 Å². The van der Waals surface area contributed by atoms with Crippen molar-refractivity contribution in [1.82, 2.24) is 20.1 Å². The fourth-order valence-electron chi connectivity index (χ4n) is 3.14. The molecular formula is C20H20ClN7O3. The van der Waals surface area contributed by atoms with E-state index in [0.29, 0.717) is 42.6 Å². The summed E-state index contributed by atoms with van der Waals surface area (Å²) in [6.45, 7) is 4.33. The molecule has 0 spiro atoms. The van der Waals surface area contributed by atoms with Crippen LogP contribution in [0.25, 0.3) is 0 Å². The summed E-state index contributed by atoms with van der Waals surface area (Å²) in [5.74, 6) is 0.134. The molecular weight excluding hydrogens is 422 g/mol. The number of nitrogens with zero attached hydrogens (tertiary/aromatic N) is 5. The van der Waals surface area contributed by atoms with Gasteiger partial charge in [0.15, 0.2) is 0 Å². The van der Waals surface area contributed by atoms with Gasteiger partial charge in [-0.05, 0) is 30.3 Å². The SMILES string of the molecule is CC(=O)N1CCN(c2ccc(NC(=O)c3nnc(Nc4cccc(Cl)c4)o3)cn2)CC1. The van der Waals surface area contributed by atoms with Gasteiger partial charge in [-0.15, -0.1) is 5.10 Å². The number of hydrogen-bond acceptors (Lipinski definition) is 8. The number of carbonyl (C=O) groups is 2. The molecule has 160 valence electrons. The Labute approximate surface area is 183 Å². The second-order valence-corrected chi connectivity index (χ2v) is 7.34. The number of halogens is 1. The third-order valence-electron chi connectivity index (χ3n) is 4.75. The van der Waals surface area contributed by atoms with E-state index < -0.39 is 5.91 Å². The minimum Gasteiger partial charge on any atom is -0.399 e. The fourth-order valence-corrected chi connectivity index (χ4v) is 3.33. The molecule has 0 unspecified atom stereocenters. The average Bonchev–Trinajstić information content (AvgIpc) is 3.23. The summed E-state index contributed by atoms with van der Waals surface area (Å²) in [6, 6.07) is 10.6. The van der Waals surface area contributed by atoms with Crippen LogP contribution >= 0.6 is 11.6 Å². The van der Waals surface area contributed by atoms with Crippen molar-refractivity contribution in [2.45, 2.75) is 6.92 Å². The van der Waals surface area contributed by atoms with E-state index in [-0.39, 0.29) is 17.8 Å². The number of carbonyl (C=O) groups excluding carboxylic acids is 2. The maximum Gasteiger partial charge on any atom is 0.320 e. The standard InChI is InChI=1S/C20H20ClN7O3/c1-13(29)27-7-9-28(10-8-27)17-6-5-16(12-22-17)23-18(30)19-25-26-20(31-19)24-15-4-2-3-14(21)11-15/h2-6,11-12H,7-10H2,1H3,(H,23,30)(H,24,26). The Bertz CT molecular complexity index is 1080. The van der Waals surface area contributed by atoms with Gasteiger partial charge in [0.25, 0.3) is 0 Å². The zero-order chi connectivity index (χ0) is 21.8. The summed E-state index contributed by atoms with van der Waals surface area (Å²) in [6.07, 6.45) is 1.56. The molecule has 1 aromatic carbocycles. The van der Waals surface area contributed by atoms with Gasteiger partial charge in [0, 0.05) is 43.8 Å². The van der Waals surface area contributed by atoms with E-state index in [2.05, 4.69) is 30.7 Å². The molecule has 3 aromatic rings. The molecule has 2 aromatic heterocycles. The molecule has 0 radical (unpaired) electrons. The number of nitrogens with one attached hydrogen (secondary N) is 2. The third kappa shape index (κ3) is 5.10. The quantitative estimate of drug-likeness (QED) is 0.620. The molecule has 0 atom stereocenters. The fraction of sp³-hybridized carbons (Fsp3) is 0.250. The first-order valence-corrected chi connectivity index (χ1v) is 10.00. The van der Waals surface area contributed by atoms with E-state index >= 15 is 0 Å². The molecule has 0 bridgehead atoms. The zero-order valence-electron chi connectivity index (χ0n) is 16.7. The summed E-state index contributed by atoms with van der Waals surface area (Å²) in [7, 11) is 0. The molecule has 0 aliphatic carbocycles. The van der Waals surface area contributed by atoms with Crippen molar-refractivity contribution < 1.29 is 14.0 Å². The maximum atomic E-state index is 12.4. The van der Waals surface area contributed by atoms with E-state index in [1.165, 1.54) is 0 Å². The van der Waals surface area contributed by atoms with Gasteiger partial charge in [0.2, 0.25) is 5.91 Å². The van der Waals surface area contributed by atoms with Crippen LogP contribution in [0.1, 0.15) is 17.6 Å². The number of aromatic nitrogens is 3. The van der Waals surface area contributed by atoms with Crippen LogP contribution in [-0.2, 0) is 4.79 Å². The van der Waals surface area contributed by atoms with Gasteiger partial charge >= 0.3 is 17.8 Å². The predicted molar refractivity (Wildman–Crippen MR) is 116 cm³/mol. The largest absolute Gasteiger partial charge is 0.399 e. The third-order valence-corrected chi connectivity index (χ3v) is 4.98. The number of rotatable bonds is 5. The first-order valence-electron chi connectivity index (χ1n) is 9.62. The summed E-state index contributed by atoms with van der Waals surface area (Å²) >= 11 is 5.94. The lowest BCUT2D eigenvalue weighted by Crippen LogP contribution is -2.48. The molecule has 1 aliphatic heterocycles. The number of amides is 2. The van der Waals surface area contributed by atoms with Crippen molar-refractivity contribution in [2.24, 2.45) is 0 Å². The molecule has 1 aliphatic rings. The highest BCUT2D eigenvalue weighted by Crippen LogP contribution is 2.20. The van der Waals surface area contributed by atoms with E-state index in [4.69, 9.17) is 16.0 Å². The van der Waals surface area contributed by atoms with E-state index in [9.17, 15) is 9.59 Å². The van der Waals surface area contributed by atoms with Gasteiger partial charge in [-0.2, -0.15) is 0 Å². The molecule has 11 heteroatoms. The Morgan fingerprint density at radius 2 is 1.87 bits per heavy atom. The first-order chi connectivity index (χ1) is 15.0. The highest BCUT2D eigenvalue weighted by atomic mass is 35.5. The Hall–Kier alpha value is -3.66. The first kappa shape index (κ1) is 20.6. The van der Waals surface area contributed by atoms with E-state index in [1.807, 2.05) is 11.0 Å². The molecule has 3 heterocycles. The van der Waals surface area contributed by atoms with Crippen molar-refractivity contribution in [3.8, 4) is 0 Å². The number of piperazine rings is 1. The highest BCUT2D eigenvalue weighted by Gasteiger charge is 2.20. The molecule has 1 fully saturated rings. The Morgan fingerprint density at radius 1 is 1.06 bits per heavy atom. The summed E-state index contributed by atoms with van der Waals surface area (Å²) in [5.41, 5.74) is 1.16. The van der Waals surface area contributed by atoms with Crippen molar-refractivity contribution >= 4 is 46.6 Å². The predicted octanol–water partition coefficient (Wildman–Crippen LogP) is 2.78.